The highest BCUT2D eigenvalue weighted by atomic mass is 32.2. The van der Waals surface area contributed by atoms with E-state index in [-0.39, 0.29) is 29.5 Å². The Morgan fingerprint density at radius 2 is 2.17 bits per heavy atom. The molecule has 6 nitrogen and oxygen atoms in total. The van der Waals surface area contributed by atoms with Crippen molar-refractivity contribution < 1.29 is 13.2 Å². The summed E-state index contributed by atoms with van der Waals surface area (Å²) in [5, 5.41) is 0.773. The topological polar surface area (TPSA) is 70.0 Å². The van der Waals surface area contributed by atoms with E-state index in [4.69, 9.17) is 0 Å². The van der Waals surface area contributed by atoms with Crippen LogP contribution in [0.1, 0.15) is 0 Å². The highest BCUT2D eigenvalue weighted by Gasteiger charge is 2.45. The maximum atomic E-state index is 11.5. The Morgan fingerprint density at radius 1 is 1.50 bits per heavy atom. The average Bonchev–Trinajstić information content (AvgIpc) is 2.70. The lowest BCUT2D eigenvalue weighted by atomic mass is 10.2. The molecule has 8 heteroatoms. The zero-order valence-corrected chi connectivity index (χ0v) is 12.3. The largest absolute Gasteiger partial charge is 0.348 e. The number of carbonyl (C=O) groups excluding carboxylic acids is 1. The van der Waals surface area contributed by atoms with Gasteiger partial charge >= 0.3 is 0 Å². The van der Waals surface area contributed by atoms with Gasteiger partial charge in [-0.15, -0.1) is 0 Å². The molecule has 0 spiro atoms. The molecule has 2 rings (SSSR count). The van der Waals surface area contributed by atoms with Crippen LogP contribution in [0.5, 0.6) is 0 Å². The van der Waals surface area contributed by atoms with Gasteiger partial charge in [-0.05, 0) is 0 Å². The number of amidine groups is 1. The van der Waals surface area contributed by atoms with E-state index in [1.165, 1.54) is 16.7 Å². The lowest BCUT2D eigenvalue weighted by Crippen LogP contribution is -2.36. The third-order valence-electron chi connectivity index (χ3n) is 3.19. The molecule has 102 valence electrons. The zero-order valence-electron chi connectivity index (χ0n) is 10.7. The Balaban J connectivity index is 1.99. The molecule has 0 aliphatic carbocycles. The molecule has 0 unspecified atom stereocenters. The fourth-order valence-corrected chi connectivity index (χ4v) is 5.05. The molecule has 1 saturated heterocycles. The van der Waals surface area contributed by atoms with Crippen LogP contribution in [0.4, 0.5) is 0 Å². The zero-order chi connectivity index (χ0) is 13.5. The van der Waals surface area contributed by atoms with Crippen molar-refractivity contribution in [2.45, 2.75) is 12.1 Å². The molecular formula is C10H17N3O3S2. The smallest absolute Gasteiger partial charge is 0.232 e. The molecule has 0 saturated carbocycles. The lowest BCUT2D eigenvalue weighted by molar-refractivity contribution is -0.125. The van der Waals surface area contributed by atoms with E-state index < -0.39 is 9.84 Å². The molecule has 2 heterocycles. The van der Waals surface area contributed by atoms with Crippen LogP contribution in [-0.4, -0.2) is 79.8 Å². The second-order valence-corrected chi connectivity index (χ2v) is 7.91. The van der Waals surface area contributed by atoms with Gasteiger partial charge in [0.15, 0.2) is 15.0 Å². The molecule has 0 radical (unpaired) electrons. The number of hydrogen-bond acceptors (Lipinski definition) is 6. The van der Waals surface area contributed by atoms with Gasteiger partial charge in [0.2, 0.25) is 5.91 Å². The predicted molar refractivity (Wildman–Crippen MR) is 72.6 cm³/mol. The van der Waals surface area contributed by atoms with Crippen molar-refractivity contribution in [1.82, 2.24) is 9.80 Å². The molecule has 2 aliphatic rings. The SMILES string of the molecule is CN(C)C(=O)CSC1=N[C@@H]2CS(=O)(=O)C[C@@H]2N1C. The van der Waals surface area contributed by atoms with Crippen LogP contribution in [0, 0.1) is 0 Å². The minimum absolute atomic E-state index is 0.0285. The van der Waals surface area contributed by atoms with Gasteiger partial charge in [0.05, 0.1) is 29.3 Å². The van der Waals surface area contributed by atoms with Crippen molar-refractivity contribution in [2.24, 2.45) is 4.99 Å². The van der Waals surface area contributed by atoms with Gasteiger partial charge < -0.3 is 9.80 Å². The Bertz CT molecular complexity index is 487. The van der Waals surface area contributed by atoms with Gasteiger partial charge in [0.25, 0.3) is 0 Å². The van der Waals surface area contributed by atoms with Crippen molar-refractivity contribution in [3.8, 4) is 0 Å². The summed E-state index contributed by atoms with van der Waals surface area (Å²) in [6, 6.07) is -0.205. The number of thioether (sulfide) groups is 1. The molecule has 0 aromatic rings. The predicted octanol–water partition coefficient (Wildman–Crippen LogP) is -0.725. The maximum absolute atomic E-state index is 11.5. The molecule has 0 N–H and O–H groups in total. The fourth-order valence-electron chi connectivity index (χ4n) is 2.07. The van der Waals surface area contributed by atoms with E-state index in [0.717, 1.165) is 5.17 Å². The van der Waals surface area contributed by atoms with E-state index in [2.05, 4.69) is 4.99 Å². The summed E-state index contributed by atoms with van der Waals surface area (Å²) in [6.45, 7) is 0. The number of amides is 1. The fraction of sp³-hybridized carbons (Fsp3) is 0.800. The van der Waals surface area contributed by atoms with E-state index in [0.29, 0.717) is 5.75 Å². The number of hydrogen-bond donors (Lipinski definition) is 0. The standard InChI is InChI=1S/C10H17N3O3S2/c1-12(2)9(14)4-17-10-11-7-5-18(15,16)6-8(7)13(10)3/h7-8H,4-6H2,1-3H3/t7-,8+/m1/s1. The second kappa shape index (κ2) is 4.73. The second-order valence-electron chi connectivity index (χ2n) is 4.81. The molecule has 1 amide bonds. The summed E-state index contributed by atoms with van der Waals surface area (Å²) in [5.74, 6) is 0.667. The van der Waals surface area contributed by atoms with Gasteiger partial charge in [0.1, 0.15) is 0 Å². The number of sulfone groups is 1. The maximum Gasteiger partial charge on any atom is 0.232 e. The first kappa shape index (κ1) is 13.7. The third kappa shape index (κ3) is 2.64. The molecule has 18 heavy (non-hydrogen) atoms. The van der Waals surface area contributed by atoms with Crippen LogP contribution >= 0.6 is 11.8 Å². The summed E-state index contributed by atoms with van der Waals surface area (Å²) >= 11 is 1.38. The highest BCUT2D eigenvalue weighted by Crippen LogP contribution is 2.29. The minimum Gasteiger partial charge on any atom is -0.348 e. The van der Waals surface area contributed by atoms with Gasteiger partial charge in [-0.1, -0.05) is 11.8 Å². The van der Waals surface area contributed by atoms with Crippen LogP contribution in [-0.2, 0) is 14.6 Å². The molecule has 0 aromatic heterocycles. The number of carbonyl (C=O) groups is 1. The monoisotopic (exact) mass is 291 g/mol. The van der Waals surface area contributed by atoms with E-state index in [1.54, 1.807) is 14.1 Å². The van der Waals surface area contributed by atoms with Crippen molar-refractivity contribution >= 4 is 32.7 Å². The van der Waals surface area contributed by atoms with Crippen molar-refractivity contribution in [3.05, 3.63) is 0 Å². The number of fused-ring (bicyclic) bond motifs is 1. The van der Waals surface area contributed by atoms with Gasteiger partial charge in [0, 0.05) is 21.1 Å². The van der Waals surface area contributed by atoms with Gasteiger partial charge in [-0.25, -0.2) is 8.42 Å². The summed E-state index contributed by atoms with van der Waals surface area (Å²) in [5.41, 5.74) is 0. The van der Waals surface area contributed by atoms with E-state index in [9.17, 15) is 13.2 Å². The lowest BCUT2D eigenvalue weighted by Gasteiger charge is -2.20. The van der Waals surface area contributed by atoms with Crippen LogP contribution in [0.15, 0.2) is 4.99 Å². The van der Waals surface area contributed by atoms with Crippen molar-refractivity contribution in [1.29, 1.82) is 0 Å². The first-order chi connectivity index (χ1) is 8.30. The molecule has 0 bridgehead atoms. The summed E-state index contributed by atoms with van der Waals surface area (Å²) in [6.07, 6.45) is 0. The normalized spacial score (nSPS) is 29.1. The first-order valence-corrected chi connectivity index (χ1v) is 8.45. The average molecular weight is 291 g/mol. The summed E-state index contributed by atoms with van der Waals surface area (Å²) in [7, 11) is 2.33. The molecule has 1 fully saturated rings. The molecule has 2 atom stereocenters. The van der Waals surface area contributed by atoms with E-state index >= 15 is 0 Å². The molecule has 0 aromatic carbocycles. The first-order valence-electron chi connectivity index (χ1n) is 5.64. The Kier molecular flexibility index (Phi) is 3.59. The third-order valence-corrected chi connectivity index (χ3v) is 5.93. The number of likely N-dealkylation sites (N-methyl/N-ethyl adjacent to an activating group) is 1. The van der Waals surface area contributed by atoms with Gasteiger partial charge in [-0.2, -0.15) is 0 Å². The van der Waals surface area contributed by atoms with Crippen molar-refractivity contribution in [2.75, 3.05) is 38.4 Å². The summed E-state index contributed by atoms with van der Waals surface area (Å²) < 4.78 is 23.0. The number of nitrogens with zero attached hydrogens (tertiary/aromatic N) is 3. The molecular weight excluding hydrogens is 274 g/mol. The number of rotatable bonds is 2. The van der Waals surface area contributed by atoms with Crippen LogP contribution < -0.4 is 0 Å². The Morgan fingerprint density at radius 3 is 2.72 bits per heavy atom. The molecule has 2 aliphatic heterocycles. The highest BCUT2D eigenvalue weighted by molar-refractivity contribution is 8.14. The van der Waals surface area contributed by atoms with Crippen LogP contribution in [0.3, 0.4) is 0 Å². The summed E-state index contributed by atoms with van der Waals surface area (Å²) in [4.78, 5) is 19.3. The Labute approximate surface area is 111 Å². The van der Waals surface area contributed by atoms with Gasteiger partial charge in [-0.3, -0.25) is 9.79 Å². The van der Waals surface area contributed by atoms with Crippen molar-refractivity contribution in [3.63, 3.8) is 0 Å². The number of aliphatic imine (C=N–C) groups is 1. The Hall–Kier alpha value is -0.760. The van der Waals surface area contributed by atoms with Crippen LogP contribution in [0.2, 0.25) is 0 Å². The quantitative estimate of drug-likeness (QED) is 0.671. The van der Waals surface area contributed by atoms with E-state index in [1.807, 2.05) is 11.9 Å². The minimum atomic E-state index is -2.94. The van der Waals surface area contributed by atoms with Crippen LogP contribution in [0.25, 0.3) is 0 Å².